The van der Waals surface area contributed by atoms with Crippen LogP contribution in [0.5, 0.6) is 0 Å². The number of nitro benzene ring substituents is 1. The number of nitro groups is 1. The van der Waals surface area contributed by atoms with Gasteiger partial charge in [-0.15, -0.1) is 0 Å². The first-order chi connectivity index (χ1) is 11.6. The van der Waals surface area contributed by atoms with Gasteiger partial charge in [-0.25, -0.2) is 0 Å². The second-order valence-electron chi connectivity index (χ2n) is 5.66. The van der Waals surface area contributed by atoms with Gasteiger partial charge >= 0.3 is 12.1 Å². The molecule has 1 amide bonds. The van der Waals surface area contributed by atoms with Crippen molar-refractivity contribution >= 4 is 40.5 Å². The summed E-state index contributed by atoms with van der Waals surface area (Å²) in [6.07, 6.45) is -4.06. The Morgan fingerprint density at radius 1 is 1.28 bits per heavy atom. The van der Waals surface area contributed by atoms with Crippen molar-refractivity contribution in [3.63, 3.8) is 0 Å². The Morgan fingerprint density at radius 3 is 2.24 bits per heavy atom. The Bertz CT molecular complexity index is 654. The average molecular weight is 400 g/mol. The SMILES string of the molecule is O=C(N1CCC(CNc2c(Cl)cc([N+](=O)[O-])cc2Cl)CC1)C(F)(F)F. The summed E-state index contributed by atoms with van der Waals surface area (Å²) in [7, 11) is 0. The van der Waals surface area contributed by atoms with Crippen LogP contribution in [0.3, 0.4) is 0 Å². The van der Waals surface area contributed by atoms with E-state index >= 15 is 0 Å². The van der Waals surface area contributed by atoms with E-state index < -0.39 is 17.0 Å². The molecule has 0 radical (unpaired) electrons. The molecule has 0 aliphatic carbocycles. The number of halogens is 5. The standard InChI is InChI=1S/C14H14Cl2F3N3O3/c15-10-5-9(22(24)25)6-11(16)12(10)20-7-8-1-3-21(4-2-8)13(23)14(17,18)19/h5-6,8,20H,1-4,7H2. The van der Waals surface area contributed by atoms with E-state index in [-0.39, 0.29) is 34.7 Å². The van der Waals surface area contributed by atoms with Crippen LogP contribution in [-0.4, -0.2) is 41.5 Å². The topological polar surface area (TPSA) is 75.5 Å². The average Bonchev–Trinajstić information content (AvgIpc) is 2.52. The molecule has 2 rings (SSSR count). The summed E-state index contributed by atoms with van der Waals surface area (Å²) in [5.74, 6) is -1.79. The van der Waals surface area contributed by atoms with Crippen molar-refractivity contribution in [1.82, 2.24) is 4.90 Å². The van der Waals surface area contributed by atoms with Gasteiger partial charge in [-0.05, 0) is 18.8 Å². The van der Waals surface area contributed by atoms with E-state index in [0.717, 1.165) is 4.90 Å². The highest BCUT2D eigenvalue weighted by molar-refractivity contribution is 6.39. The van der Waals surface area contributed by atoms with Gasteiger partial charge in [0.2, 0.25) is 0 Å². The van der Waals surface area contributed by atoms with E-state index in [1.54, 1.807) is 0 Å². The predicted octanol–water partition coefficient (Wildman–Crippen LogP) is 4.11. The van der Waals surface area contributed by atoms with E-state index in [0.29, 0.717) is 25.1 Å². The van der Waals surface area contributed by atoms with Crippen molar-refractivity contribution in [3.05, 3.63) is 32.3 Å². The molecule has 11 heteroatoms. The number of hydrogen-bond acceptors (Lipinski definition) is 4. The normalized spacial score (nSPS) is 16.0. The monoisotopic (exact) mass is 399 g/mol. The van der Waals surface area contributed by atoms with Gasteiger partial charge in [-0.3, -0.25) is 14.9 Å². The Morgan fingerprint density at radius 2 is 1.80 bits per heavy atom. The third-order valence-electron chi connectivity index (χ3n) is 3.95. The molecule has 1 aliphatic heterocycles. The van der Waals surface area contributed by atoms with Crippen LogP contribution in [-0.2, 0) is 4.79 Å². The minimum Gasteiger partial charge on any atom is -0.382 e. The van der Waals surface area contributed by atoms with E-state index in [4.69, 9.17) is 23.2 Å². The molecule has 138 valence electrons. The lowest BCUT2D eigenvalue weighted by molar-refractivity contribution is -0.384. The Balaban J connectivity index is 1.92. The van der Waals surface area contributed by atoms with Gasteiger partial charge in [0, 0.05) is 31.8 Å². The van der Waals surface area contributed by atoms with E-state index in [1.165, 1.54) is 12.1 Å². The number of likely N-dealkylation sites (tertiary alicyclic amines) is 1. The van der Waals surface area contributed by atoms with E-state index in [1.807, 2.05) is 0 Å². The molecule has 0 aromatic heterocycles. The van der Waals surface area contributed by atoms with Crippen LogP contribution >= 0.6 is 23.2 Å². The van der Waals surface area contributed by atoms with Crippen molar-refractivity contribution in [2.45, 2.75) is 19.0 Å². The fourth-order valence-corrected chi connectivity index (χ4v) is 3.21. The summed E-state index contributed by atoms with van der Waals surface area (Å²) in [5, 5.41) is 13.9. The fraction of sp³-hybridized carbons (Fsp3) is 0.500. The highest BCUT2D eigenvalue weighted by Gasteiger charge is 2.43. The lowest BCUT2D eigenvalue weighted by atomic mass is 9.96. The number of benzene rings is 1. The van der Waals surface area contributed by atoms with Crippen LogP contribution < -0.4 is 5.32 Å². The minimum absolute atomic E-state index is 0.0203. The molecule has 0 saturated carbocycles. The van der Waals surface area contributed by atoms with E-state index in [9.17, 15) is 28.1 Å². The summed E-state index contributed by atoms with van der Waals surface area (Å²) in [6, 6.07) is 2.33. The number of nitrogens with one attached hydrogen (secondary N) is 1. The second kappa shape index (κ2) is 7.65. The van der Waals surface area contributed by atoms with Crippen molar-refractivity contribution in [3.8, 4) is 0 Å². The zero-order chi connectivity index (χ0) is 18.8. The third-order valence-corrected chi connectivity index (χ3v) is 4.55. The smallest absolute Gasteiger partial charge is 0.382 e. The summed E-state index contributed by atoms with van der Waals surface area (Å²) < 4.78 is 37.2. The highest BCUT2D eigenvalue weighted by Crippen LogP contribution is 2.35. The molecular weight excluding hydrogens is 386 g/mol. The minimum atomic E-state index is -4.86. The summed E-state index contributed by atoms with van der Waals surface area (Å²) in [5.41, 5.74) is 0.0993. The number of carbonyl (C=O) groups is 1. The number of rotatable bonds is 4. The third kappa shape index (κ3) is 4.88. The number of anilines is 1. The van der Waals surface area contributed by atoms with Crippen LogP contribution in [0.25, 0.3) is 0 Å². The molecule has 1 N–H and O–H groups in total. The number of piperidine rings is 1. The van der Waals surface area contributed by atoms with Crippen LogP contribution in [0.1, 0.15) is 12.8 Å². The van der Waals surface area contributed by atoms with Crippen molar-refractivity contribution in [1.29, 1.82) is 0 Å². The molecule has 0 atom stereocenters. The van der Waals surface area contributed by atoms with Crippen LogP contribution in [0.4, 0.5) is 24.5 Å². The molecule has 1 heterocycles. The Hall–Kier alpha value is -1.74. The lowest BCUT2D eigenvalue weighted by Crippen LogP contribution is -2.46. The summed E-state index contributed by atoms with van der Waals surface area (Å²) >= 11 is 12.0. The van der Waals surface area contributed by atoms with Crippen LogP contribution in [0.15, 0.2) is 12.1 Å². The molecule has 1 saturated heterocycles. The first-order valence-electron chi connectivity index (χ1n) is 7.33. The van der Waals surface area contributed by atoms with Gasteiger partial charge in [0.15, 0.2) is 0 Å². The van der Waals surface area contributed by atoms with Crippen LogP contribution in [0.2, 0.25) is 10.0 Å². The molecule has 1 aromatic carbocycles. The molecule has 0 bridgehead atoms. The quantitative estimate of drug-likeness (QED) is 0.610. The Kier molecular flexibility index (Phi) is 5.99. The van der Waals surface area contributed by atoms with Crippen molar-refractivity contribution in [2.75, 3.05) is 25.0 Å². The van der Waals surface area contributed by atoms with Gasteiger partial charge < -0.3 is 10.2 Å². The molecule has 1 fully saturated rings. The maximum absolute atomic E-state index is 12.4. The van der Waals surface area contributed by atoms with Gasteiger partial charge in [-0.1, -0.05) is 23.2 Å². The van der Waals surface area contributed by atoms with E-state index in [2.05, 4.69) is 5.32 Å². The molecule has 0 spiro atoms. The zero-order valence-corrected chi connectivity index (χ0v) is 14.3. The highest BCUT2D eigenvalue weighted by atomic mass is 35.5. The number of hydrogen-bond donors (Lipinski definition) is 1. The number of non-ortho nitro benzene ring substituents is 1. The molecular formula is C14H14Cl2F3N3O3. The summed E-state index contributed by atoms with van der Waals surface area (Å²) in [6.45, 7) is 0.421. The van der Waals surface area contributed by atoms with Crippen molar-refractivity contribution in [2.24, 2.45) is 5.92 Å². The van der Waals surface area contributed by atoms with Gasteiger partial charge in [0.1, 0.15) is 0 Å². The fourth-order valence-electron chi connectivity index (χ4n) is 2.60. The number of amides is 1. The molecule has 1 aromatic rings. The zero-order valence-electron chi connectivity index (χ0n) is 12.8. The molecule has 0 unspecified atom stereocenters. The molecule has 6 nitrogen and oxygen atoms in total. The maximum Gasteiger partial charge on any atom is 0.471 e. The lowest BCUT2D eigenvalue weighted by Gasteiger charge is -2.32. The Labute approximate surface area is 151 Å². The van der Waals surface area contributed by atoms with Gasteiger partial charge in [-0.2, -0.15) is 13.2 Å². The number of alkyl halides is 3. The van der Waals surface area contributed by atoms with Gasteiger partial charge in [0.05, 0.1) is 20.7 Å². The van der Waals surface area contributed by atoms with Crippen LogP contribution in [0, 0.1) is 16.0 Å². The number of carbonyl (C=O) groups excluding carboxylic acids is 1. The maximum atomic E-state index is 12.4. The predicted molar refractivity (Wildman–Crippen MR) is 87.0 cm³/mol. The van der Waals surface area contributed by atoms with Gasteiger partial charge in [0.25, 0.3) is 5.69 Å². The first-order valence-corrected chi connectivity index (χ1v) is 8.08. The molecule has 1 aliphatic rings. The second-order valence-corrected chi connectivity index (χ2v) is 6.47. The summed E-state index contributed by atoms with van der Waals surface area (Å²) in [4.78, 5) is 22.1. The first kappa shape index (κ1) is 19.6. The molecule has 25 heavy (non-hydrogen) atoms. The number of nitrogens with zero attached hydrogens (tertiary/aromatic N) is 2. The largest absolute Gasteiger partial charge is 0.471 e. The van der Waals surface area contributed by atoms with Crippen molar-refractivity contribution < 1.29 is 22.9 Å².